The van der Waals surface area contributed by atoms with Crippen LogP contribution >= 0.6 is 0 Å². The SMILES string of the molecule is CNc1ccc(C(=O)C=Cc2cc(C)c(OC(C)(C)C(=O)O)c(C)c2)c2occc12. The third kappa shape index (κ3) is 4.08. The number of ketones is 1. The first-order chi connectivity index (χ1) is 14.1. The zero-order valence-corrected chi connectivity index (χ0v) is 17.7. The molecule has 1 aromatic heterocycles. The Kier molecular flexibility index (Phi) is 5.69. The molecule has 156 valence electrons. The van der Waals surface area contributed by atoms with E-state index >= 15 is 0 Å². The number of furan rings is 1. The van der Waals surface area contributed by atoms with E-state index in [2.05, 4.69) is 5.32 Å². The van der Waals surface area contributed by atoms with Gasteiger partial charge in [0.2, 0.25) is 0 Å². The minimum Gasteiger partial charge on any atom is -0.478 e. The molecule has 0 saturated heterocycles. The molecule has 6 heteroatoms. The largest absolute Gasteiger partial charge is 0.478 e. The molecule has 30 heavy (non-hydrogen) atoms. The molecule has 0 atom stereocenters. The average molecular weight is 407 g/mol. The number of rotatable bonds is 7. The quantitative estimate of drug-likeness (QED) is 0.412. The number of ether oxygens (including phenoxy) is 1. The van der Waals surface area contributed by atoms with Crippen molar-refractivity contribution in [3.05, 3.63) is 64.9 Å². The number of carboxylic acids is 1. The smallest absolute Gasteiger partial charge is 0.347 e. The van der Waals surface area contributed by atoms with Crippen LogP contribution in [0.15, 0.2) is 47.1 Å². The first-order valence-electron chi connectivity index (χ1n) is 9.58. The number of hydrogen-bond acceptors (Lipinski definition) is 5. The topological polar surface area (TPSA) is 88.8 Å². The standard InChI is InChI=1S/C24H25NO5/c1-14-12-16(13-15(2)21(14)30-24(3,4)23(27)28)6-9-20(26)18-7-8-19(25-5)17-10-11-29-22(17)18/h6-13,25H,1-5H3,(H,27,28). The average Bonchev–Trinajstić information content (AvgIpc) is 3.18. The highest BCUT2D eigenvalue weighted by atomic mass is 16.5. The molecule has 0 bridgehead atoms. The second-order valence-electron chi connectivity index (χ2n) is 7.67. The fourth-order valence-corrected chi connectivity index (χ4v) is 3.28. The summed E-state index contributed by atoms with van der Waals surface area (Å²) in [4.78, 5) is 24.1. The minimum absolute atomic E-state index is 0.166. The van der Waals surface area contributed by atoms with E-state index in [1.54, 1.807) is 18.4 Å². The van der Waals surface area contributed by atoms with Crippen LogP contribution in [0.4, 0.5) is 5.69 Å². The summed E-state index contributed by atoms with van der Waals surface area (Å²) in [6.45, 7) is 6.72. The summed E-state index contributed by atoms with van der Waals surface area (Å²) in [5.41, 5.74) is 3.00. The number of carboxylic acid groups (broad SMARTS) is 1. The Labute approximate surface area is 175 Å². The maximum Gasteiger partial charge on any atom is 0.347 e. The van der Waals surface area contributed by atoms with Gasteiger partial charge in [0.15, 0.2) is 11.4 Å². The van der Waals surface area contributed by atoms with E-state index in [1.165, 1.54) is 19.9 Å². The number of allylic oxidation sites excluding steroid dienone is 1. The molecule has 0 spiro atoms. The summed E-state index contributed by atoms with van der Waals surface area (Å²) in [5.74, 6) is -0.671. The number of aryl methyl sites for hydroxylation is 2. The Morgan fingerprint density at radius 3 is 2.40 bits per heavy atom. The van der Waals surface area contributed by atoms with Crippen LogP contribution in [-0.2, 0) is 4.79 Å². The third-order valence-electron chi connectivity index (χ3n) is 4.93. The van der Waals surface area contributed by atoms with Gasteiger partial charge in [0.25, 0.3) is 0 Å². The number of carbonyl (C=O) groups excluding carboxylic acids is 1. The number of fused-ring (bicyclic) bond motifs is 1. The van der Waals surface area contributed by atoms with Crippen molar-refractivity contribution < 1.29 is 23.8 Å². The van der Waals surface area contributed by atoms with Crippen molar-refractivity contribution in [1.82, 2.24) is 0 Å². The van der Waals surface area contributed by atoms with Crippen LogP contribution in [0.1, 0.15) is 40.9 Å². The Bertz CT molecular complexity index is 1130. The molecule has 0 saturated carbocycles. The Hall–Kier alpha value is -3.54. The fraction of sp³-hybridized carbons (Fsp3) is 0.250. The monoisotopic (exact) mass is 407 g/mol. The van der Waals surface area contributed by atoms with Crippen LogP contribution in [-0.4, -0.2) is 29.5 Å². The van der Waals surface area contributed by atoms with E-state index in [-0.39, 0.29) is 5.78 Å². The molecule has 0 amide bonds. The van der Waals surface area contributed by atoms with Gasteiger partial charge >= 0.3 is 5.97 Å². The van der Waals surface area contributed by atoms with Gasteiger partial charge in [-0.05, 0) is 80.8 Å². The molecule has 1 heterocycles. The van der Waals surface area contributed by atoms with E-state index in [9.17, 15) is 14.7 Å². The van der Waals surface area contributed by atoms with Crippen molar-refractivity contribution in [1.29, 1.82) is 0 Å². The molecular formula is C24H25NO5. The summed E-state index contributed by atoms with van der Waals surface area (Å²) in [5, 5.41) is 13.2. The van der Waals surface area contributed by atoms with Gasteiger partial charge in [0.05, 0.1) is 11.8 Å². The van der Waals surface area contributed by atoms with Gasteiger partial charge in [-0.1, -0.05) is 6.08 Å². The van der Waals surface area contributed by atoms with Gasteiger partial charge in [0.1, 0.15) is 11.3 Å². The highest BCUT2D eigenvalue weighted by Crippen LogP contribution is 2.30. The summed E-state index contributed by atoms with van der Waals surface area (Å²) in [6, 6.07) is 9.13. The van der Waals surface area contributed by atoms with Crippen molar-refractivity contribution in [2.45, 2.75) is 33.3 Å². The third-order valence-corrected chi connectivity index (χ3v) is 4.93. The molecule has 3 aromatic rings. The molecule has 2 aromatic carbocycles. The number of aliphatic carboxylic acids is 1. The Morgan fingerprint density at radius 2 is 1.80 bits per heavy atom. The summed E-state index contributed by atoms with van der Waals surface area (Å²) < 4.78 is 11.3. The molecule has 0 aliphatic heterocycles. The second-order valence-corrected chi connectivity index (χ2v) is 7.67. The zero-order valence-electron chi connectivity index (χ0n) is 17.7. The first-order valence-corrected chi connectivity index (χ1v) is 9.58. The second kappa shape index (κ2) is 8.06. The molecule has 0 aliphatic carbocycles. The lowest BCUT2D eigenvalue weighted by Crippen LogP contribution is -2.38. The zero-order chi connectivity index (χ0) is 22.1. The van der Waals surface area contributed by atoms with E-state index in [0.29, 0.717) is 16.9 Å². The lowest BCUT2D eigenvalue weighted by Gasteiger charge is -2.24. The molecule has 2 N–H and O–H groups in total. The summed E-state index contributed by atoms with van der Waals surface area (Å²) in [6.07, 6.45) is 4.80. The van der Waals surface area contributed by atoms with Crippen molar-refractivity contribution in [2.75, 3.05) is 12.4 Å². The van der Waals surface area contributed by atoms with Gasteiger partial charge in [-0.15, -0.1) is 0 Å². The minimum atomic E-state index is -1.34. The van der Waals surface area contributed by atoms with E-state index in [0.717, 1.165) is 27.8 Å². The highest BCUT2D eigenvalue weighted by molar-refractivity contribution is 6.15. The maximum absolute atomic E-state index is 12.8. The molecular weight excluding hydrogens is 382 g/mol. The van der Waals surface area contributed by atoms with Crippen LogP contribution < -0.4 is 10.1 Å². The van der Waals surface area contributed by atoms with Crippen LogP contribution in [0, 0.1) is 13.8 Å². The number of anilines is 1. The van der Waals surface area contributed by atoms with Crippen LogP contribution in [0.3, 0.4) is 0 Å². The number of benzene rings is 2. The molecule has 0 fully saturated rings. The van der Waals surface area contributed by atoms with E-state index in [4.69, 9.17) is 9.15 Å². The Morgan fingerprint density at radius 1 is 1.13 bits per heavy atom. The van der Waals surface area contributed by atoms with Crippen molar-refractivity contribution >= 4 is 34.5 Å². The molecule has 0 radical (unpaired) electrons. The van der Waals surface area contributed by atoms with E-state index in [1.807, 2.05) is 45.2 Å². The molecule has 0 aliphatic rings. The molecule has 0 unspecified atom stereocenters. The van der Waals surface area contributed by atoms with Crippen molar-refractivity contribution in [3.8, 4) is 5.75 Å². The predicted molar refractivity (Wildman–Crippen MR) is 117 cm³/mol. The van der Waals surface area contributed by atoms with Gasteiger partial charge < -0.3 is 19.6 Å². The number of nitrogens with one attached hydrogen (secondary N) is 1. The number of hydrogen-bond donors (Lipinski definition) is 2. The fourth-order valence-electron chi connectivity index (χ4n) is 3.28. The predicted octanol–water partition coefficient (Wildman–Crippen LogP) is 5.23. The molecule has 6 nitrogen and oxygen atoms in total. The maximum atomic E-state index is 12.8. The van der Waals surface area contributed by atoms with Crippen LogP contribution in [0.2, 0.25) is 0 Å². The van der Waals surface area contributed by atoms with Gasteiger partial charge in [0, 0.05) is 18.1 Å². The van der Waals surface area contributed by atoms with Gasteiger partial charge in [-0.3, -0.25) is 4.79 Å². The summed E-state index contributed by atoms with van der Waals surface area (Å²) >= 11 is 0. The Balaban J connectivity index is 1.87. The first kappa shape index (κ1) is 21.2. The van der Waals surface area contributed by atoms with Crippen molar-refractivity contribution in [2.24, 2.45) is 0 Å². The molecule has 3 rings (SSSR count). The van der Waals surface area contributed by atoms with Gasteiger partial charge in [-0.25, -0.2) is 4.79 Å². The highest BCUT2D eigenvalue weighted by Gasteiger charge is 2.30. The summed E-state index contributed by atoms with van der Waals surface area (Å²) in [7, 11) is 1.82. The van der Waals surface area contributed by atoms with Gasteiger partial charge in [-0.2, -0.15) is 0 Å². The van der Waals surface area contributed by atoms with E-state index < -0.39 is 11.6 Å². The lowest BCUT2D eigenvalue weighted by molar-refractivity contribution is -0.152. The number of carbonyl (C=O) groups is 2. The van der Waals surface area contributed by atoms with Crippen molar-refractivity contribution in [3.63, 3.8) is 0 Å². The lowest BCUT2D eigenvalue weighted by atomic mass is 10.0. The normalized spacial score (nSPS) is 11.8. The van der Waals surface area contributed by atoms with Crippen LogP contribution in [0.5, 0.6) is 5.75 Å². The van der Waals surface area contributed by atoms with Crippen LogP contribution in [0.25, 0.3) is 17.0 Å².